The molecule has 0 atom stereocenters. The summed E-state index contributed by atoms with van der Waals surface area (Å²) in [5.74, 6) is 2.47. The third-order valence-electron chi connectivity index (χ3n) is 5.24. The largest absolute Gasteiger partial charge is 0.497 e. The Hall–Kier alpha value is -2.50. The van der Waals surface area contributed by atoms with Gasteiger partial charge in [0, 0.05) is 24.1 Å². The number of carbonyl (C=O) groups is 1. The van der Waals surface area contributed by atoms with E-state index in [0.717, 1.165) is 29.9 Å². The second-order valence-electron chi connectivity index (χ2n) is 6.95. The first-order valence-electron chi connectivity index (χ1n) is 9.29. The van der Waals surface area contributed by atoms with Crippen LogP contribution < -0.4 is 9.47 Å². The minimum Gasteiger partial charge on any atom is -0.497 e. The highest BCUT2D eigenvalue weighted by atomic mass is 16.5. The van der Waals surface area contributed by atoms with Gasteiger partial charge in [0.2, 0.25) is 0 Å². The molecule has 26 heavy (non-hydrogen) atoms. The molecular formula is C20H24N2O4. The number of oxazole rings is 1. The first-order valence-corrected chi connectivity index (χ1v) is 9.29. The predicted octanol–water partition coefficient (Wildman–Crippen LogP) is 3.77. The van der Waals surface area contributed by atoms with E-state index < -0.39 is 0 Å². The highest BCUT2D eigenvalue weighted by Gasteiger charge is 2.26. The summed E-state index contributed by atoms with van der Waals surface area (Å²) in [7, 11) is 1.63. The monoisotopic (exact) mass is 356 g/mol. The number of amides is 1. The van der Waals surface area contributed by atoms with Gasteiger partial charge in [0.05, 0.1) is 13.7 Å². The van der Waals surface area contributed by atoms with E-state index in [1.54, 1.807) is 12.0 Å². The number of ether oxygens (including phenoxy) is 2. The standard InChI is InChI=1S/C20H24N2O4/c1-24-16-8-7-15-12-22(9-10-25-18(15)11-16)20(23)17-13-26-19(21-17)14-5-3-2-4-6-14/h7-8,11,13-14H,2-6,9-10,12H2,1H3. The first-order chi connectivity index (χ1) is 12.7. The van der Waals surface area contributed by atoms with Crippen molar-refractivity contribution in [2.24, 2.45) is 0 Å². The van der Waals surface area contributed by atoms with Crippen LogP contribution >= 0.6 is 0 Å². The number of benzene rings is 1. The van der Waals surface area contributed by atoms with E-state index in [0.29, 0.717) is 37.2 Å². The van der Waals surface area contributed by atoms with Crippen LogP contribution in [-0.4, -0.2) is 36.1 Å². The van der Waals surface area contributed by atoms with Crippen LogP contribution in [0.15, 0.2) is 28.9 Å². The summed E-state index contributed by atoms with van der Waals surface area (Å²) in [6, 6.07) is 5.68. The van der Waals surface area contributed by atoms with Crippen molar-refractivity contribution in [3.8, 4) is 11.5 Å². The number of fused-ring (bicyclic) bond motifs is 1. The Balaban J connectivity index is 1.50. The first kappa shape index (κ1) is 16.9. The fourth-order valence-corrected chi connectivity index (χ4v) is 3.74. The van der Waals surface area contributed by atoms with Gasteiger partial charge in [-0.3, -0.25) is 4.79 Å². The molecule has 0 radical (unpaired) electrons. The Labute approximate surface area is 153 Å². The van der Waals surface area contributed by atoms with Crippen molar-refractivity contribution in [2.75, 3.05) is 20.3 Å². The van der Waals surface area contributed by atoms with Gasteiger partial charge in [0.25, 0.3) is 5.91 Å². The molecule has 0 N–H and O–H groups in total. The van der Waals surface area contributed by atoms with E-state index in [9.17, 15) is 4.79 Å². The van der Waals surface area contributed by atoms with E-state index in [4.69, 9.17) is 13.9 Å². The van der Waals surface area contributed by atoms with Crippen molar-refractivity contribution >= 4 is 5.91 Å². The third-order valence-corrected chi connectivity index (χ3v) is 5.24. The van der Waals surface area contributed by atoms with Gasteiger partial charge in [-0.15, -0.1) is 0 Å². The summed E-state index contributed by atoms with van der Waals surface area (Å²) in [6.45, 7) is 1.45. The Morgan fingerprint density at radius 1 is 1.27 bits per heavy atom. The normalized spacial score (nSPS) is 18.0. The van der Waals surface area contributed by atoms with Crippen LogP contribution in [0.4, 0.5) is 0 Å². The highest BCUT2D eigenvalue weighted by molar-refractivity contribution is 5.92. The molecule has 1 amide bonds. The zero-order chi connectivity index (χ0) is 17.9. The number of methoxy groups -OCH3 is 1. The van der Waals surface area contributed by atoms with E-state index >= 15 is 0 Å². The minimum absolute atomic E-state index is 0.108. The summed E-state index contributed by atoms with van der Waals surface area (Å²) in [5, 5.41) is 0. The van der Waals surface area contributed by atoms with Gasteiger partial charge < -0.3 is 18.8 Å². The molecule has 0 spiro atoms. The molecule has 0 saturated heterocycles. The van der Waals surface area contributed by atoms with Crippen LogP contribution in [0.2, 0.25) is 0 Å². The van der Waals surface area contributed by atoms with Crippen LogP contribution in [-0.2, 0) is 6.54 Å². The number of hydrogen-bond donors (Lipinski definition) is 0. The second kappa shape index (κ2) is 7.40. The summed E-state index contributed by atoms with van der Waals surface area (Å²) >= 11 is 0. The van der Waals surface area contributed by atoms with Crippen molar-refractivity contribution in [2.45, 2.75) is 44.6 Å². The maximum Gasteiger partial charge on any atom is 0.276 e. The van der Waals surface area contributed by atoms with Gasteiger partial charge in [-0.05, 0) is 25.0 Å². The molecule has 0 bridgehead atoms. The summed E-state index contributed by atoms with van der Waals surface area (Å²) in [6.07, 6.45) is 7.40. The second-order valence-corrected chi connectivity index (χ2v) is 6.95. The topological polar surface area (TPSA) is 64.8 Å². The molecule has 6 heteroatoms. The van der Waals surface area contributed by atoms with Crippen molar-refractivity contribution in [1.29, 1.82) is 0 Å². The summed E-state index contributed by atoms with van der Waals surface area (Å²) in [4.78, 5) is 19.2. The van der Waals surface area contributed by atoms with E-state index in [-0.39, 0.29) is 5.91 Å². The smallest absolute Gasteiger partial charge is 0.276 e. The fourth-order valence-electron chi connectivity index (χ4n) is 3.74. The van der Waals surface area contributed by atoms with E-state index in [2.05, 4.69) is 4.98 Å². The highest BCUT2D eigenvalue weighted by Crippen LogP contribution is 2.32. The summed E-state index contributed by atoms with van der Waals surface area (Å²) in [5.41, 5.74) is 1.36. The molecule has 1 aromatic heterocycles. The molecule has 1 aliphatic carbocycles. The molecule has 6 nitrogen and oxygen atoms in total. The molecule has 2 aromatic rings. The lowest BCUT2D eigenvalue weighted by atomic mass is 9.89. The number of rotatable bonds is 3. The molecule has 1 aromatic carbocycles. The Morgan fingerprint density at radius 2 is 2.12 bits per heavy atom. The van der Waals surface area contributed by atoms with Gasteiger partial charge in [0.15, 0.2) is 11.6 Å². The number of hydrogen-bond acceptors (Lipinski definition) is 5. The molecule has 1 fully saturated rings. The number of carbonyl (C=O) groups excluding carboxylic acids is 1. The Bertz CT molecular complexity index is 780. The van der Waals surface area contributed by atoms with Crippen molar-refractivity contribution in [1.82, 2.24) is 9.88 Å². The summed E-state index contributed by atoms with van der Waals surface area (Å²) < 4.78 is 16.7. The molecule has 0 unspecified atom stereocenters. The molecule has 2 aliphatic rings. The van der Waals surface area contributed by atoms with Crippen LogP contribution in [0.1, 0.15) is 60.0 Å². The molecule has 1 aliphatic heterocycles. The SMILES string of the molecule is COc1ccc2c(c1)OCCN(C(=O)c1coc(C3CCCCC3)n1)C2. The maximum atomic E-state index is 12.9. The van der Waals surface area contributed by atoms with Gasteiger partial charge in [-0.25, -0.2) is 4.98 Å². The Morgan fingerprint density at radius 3 is 2.92 bits per heavy atom. The lowest BCUT2D eigenvalue weighted by Crippen LogP contribution is -2.32. The quantitative estimate of drug-likeness (QED) is 0.838. The van der Waals surface area contributed by atoms with Gasteiger partial charge in [-0.1, -0.05) is 19.3 Å². The average Bonchev–Trinajstić information content (AvgIpc) is 3.08. The lowest BCUT2D eigenvalue weighted by molar-refractivity contribution is 0.0727. The molecule has 2 heterocycles. The maximum absolute atomic E-state index is 12.9. The lowest BCUT2D eigenvalue weighted by Gasteiger charge is -2.19. The van der Waals surface area contributed by atoms with Gasteiger partial charge in [0.1, 0.15) is 24.4 Å². The average molecular weight is 356 g/mol. The van der Waals surface area contributed by atoms with Crippen molar-refractivity contribution < 1.29 is 18.7 Å². The molecule has 1 saturated carbocycles. The van der Waals surface area contributed by atoms with Crippen molar-refractivity contribution in [3.05, 3.63) is 41.6 Å². The van der Waals surface area contributed by atoms with E-state index in [1.165, 1.54) is 25.5 Å². The zero-order valence-electron chi connectivity index (χ0n) is 15.1. The van der Waals surface area contributed by atoms with Gasteiger partial charge in [-0.2, -0.15) is 0 Å². The van der Waals surface area contributed by atoms with Crippen molar-refractivity contribution in [3.63, 3.8) is 0 Å². The fraction of sp³-hybridized carbons (Fsp3) is 0.500. The van der Waals surface area contributed by atoms with Crippen LogP contribution in [0.5, 0.6) is 11.5 Å². The zero-order valence-corrected chi connectivity index (χ0v) is 15.1. The van der Waals surface area contributed by atoms with Crippen LogP contribution in [0, 0.1) is 0 Å². The van der Waals surface area contributed by atoms with E-state index in [1.807, 2.05) is 18.2 Å². The number of aromatic nitrogens is 1. The van der Waals surface area contributed by atoms with Crippen LogP contribution in [0.25, 0.3) is 0 Å². The predicted molar refractivity (Wildman–Crippen MR) is 95.6 cm³/mol. The number of nitrogens with zero attached hydrogens (tertiary/aromatic N) is 2. The molecular weight excluding hydrogens is 332 g/mol. The molecule has 4 rings (SSSR count). The van der Waals surface area contributed by atoms with Crippen LogP contribution in [0.3, 0.4) is 0 Å². The minimum atomic E-state index is -0.108. The van der Waals surface area contributed by atoms with Gasteiger partial charge >= 0.3 is 0 Å². The third kappa shape index (κ3) is 3.41. The molecule has 138 valence electrons. The Kier molecular flexibility index (Phi) is 4.82.